The largest absolute Gasteiger partial charge is 0.393 e. The van der Waals surface area contributed by atoms with Gasteiger partial charge in [0.05, 0.1) is 31.2 Å². The third kappa shape index (κ3) is 7.61. The summed E-state index contributed by atoms with van der Waals surface area (Å²) in [7, 11) is -1.14. The Kier molecular flexibility index (Phi) is 8.95. The fourth-order valence-electron chi connectivity index (χ4n) is 4.34. The van der Waals surface area contributed by atoms with Crippen molar-refractivity contribution in [2.75, 3.05) is 37.1 Å². The van der Waals surface area contributed by atoms with Crippen molar-refractivity contribution in [1.29, 1.82) is 0 Å². The van der Waals surface area contributed by atoms with Crippen molar-refractivity contribution in [3.8, 4) is 0 Å². The van der Waals surface area contributed by atoms with Crippen LogP contribution in [0.4, 0.5) is 19.0 Å². The minimum atomic E-state index is -4.23. The highest BCUT2D eigenvalue weighted by Crippen LogP contribution is 2.53. The van der Waals surface area contributed by atoms with Crippen molar-refractivity contribution >= 4 is 37.7 Å². The minimum absolute atomic E-state index is 0.139. The Morgan fingerprint density at radius 2 is 1.95 bits per heavy atom. The van der Waals surface area contributed by atoms with E-state index in [2.05, 4.69) is 64.8 Å². The lowest BCUT2D eigenvalue weighted by Crippen LogP contribution is -2.30. The van der Waals surface area contributed by atoms with Gasteiger partial charge in [-0.1, -0.05) is 20.8 Å². The van der Waals surface area contributed by atoms with Crippen LogP contribution in [0.1, 0.15) is 50.5 Å². The van der Waals surface area contributed by atoms with Crippen LogP contribution in [0.15, 0.2) is 24.8 Å². The molecule has 12 heteroatoms. The Balaban J connectivity index is 1.28. The van der Waals surface area contributed by atoms with Crippen LogP contribution in [-0.4, -0.2) is 68.9 Å². The van der Waals surface area contributed by atoms with Crippen molar-refractivity contribution in [2.45, 2.75) is 76.5 Å². The number of alkyl halides is 3. The van der Waals surface area contributed by atoms with E-state index >= 15 is 0 Å². The zero-order chi connectivity index (χ0) is 27.6. The molecule has 1 fully saturated rings. The molecule has 3 aromatic rings. The van der Waals surface area contributed by atoms with Crippen molar-refractivity contribution in [2.24, 2.45) is 0 Å². The molecule has 1 unspecified atom stereocenters. The Hall–Kier alpha value is -1.89. The summed E-state index contributed by atoms with van der Waals surface area (Å²) in [6.07, 6.45) is 7.62. The SMILES string of the molecule is CC(C)(C)S(C)(C)OCCn1cc(CNC2CCCN(c3ncnc4sc(CC(F)(F)F)cc34)CC2)cn1. The summed E-state index contributed by atoms with van der Waals surface area (Å²) in [6.45, 7) is 10.4. The first-order chi connectivity index (χ1) is 17.8. The van der Waals surface area contributed by atoms with Crippen LogP contribution in [0, 0.1) is 0 Å². The van der Waals surface area contributed by atoms with Crippen LogP contribution in [0.5, 0.6) is 0 Å². The normalized spacial score (nSPS) is 18.2. The highest BCUT2D eigenvalue weighted by Gasteiger charge is 2.30. The van der Waals surface area contributed by atoms with Crippen LogP contribution in [0.25, 0.3) is 10.2 Å². The van der Waals surface area contributed by atoms with Crippen molar-refractivity contribution in [3.05, 3.63) is 35.2 Å². The van der Waals surface area contributed by atoms with E-state index < -0.39 is 22.9 Å². The molecule has 0 aromatic carbocycles. The maximum absolute atomic E-state index is 12.9. The number of hydrogen-bond acceptors (Lipinski definition) is 7. The van der Waals surface area contributed by atoms with Gasteiger partial charge in [0.15, 0.2) is 0 Å². The van der Waals surface area contributed by atoms with Gasteiger partial charge in [-0.05, 0) is 37.8 Å². The van der Waals surface area contributed by atoms with E-state index in [1.165, 1.54) is 6.33 Å². The van der Waals surface area contributed by atoms with Crippen LogP contribution in [0.2, 0.25) is 0 Å². The molecular formula is C26H39F3N6OS2. The molecule has 1 aliphatic rings. The van der Waals surface area contributed by atoms with Crippen molar-refractivity contribution in [3.63, 3.8) is 0 Å². The quantitative estimate of drug-likeness (QED) is 0.343. The summed E-state index contributed by atoms with van der Waals surface area (Å²) < 4.78 is 47.0. The van der Waals surface area contributed by atoms with Crippen LogP contribution in [-0.2, 0) is 23.7 Å². The van der Waals surface area contributed by atoms with Gasteiger partial charge in [0, 0.05) is 47.1 Å². The van der Waals surface area contributed by atoms with Crippen molar-refractivity contribution in [1.82, 2.24) is 25.1 Å². The molecule has 4 heterocycles. The van der Waals surface area contributed by atoms with E-state index in [0.717, 1.165) is 68.2 Å². The van der Waals surface area contributed by atoms with Gasteiger partial charge in [0.2, 0.25) is 0 Å². The van der Waals surface area contributed by atoms with Crippen LogP contribution >= 0.6 is 21.6 Å². The number of nitrogens with one attached hydrogen (secondary N) is 1. The van der Waals surface area contributed by atoms with Gasteiger partial charge < -0.3 is 14.4 Å². The van der Waals surface area contributed by atoms with Crippen LogP contribution in [0.3, 0.4) is 0 Å². The molecule has 0 amide bonds. The molecule has 1 saturated heterocycles. The zero-order valence-corrected chi connectivity index (χ0v) is 24.5. The van der Waals surface area contributed by atoms with Crippen LogP contribution < -0.4 is 10.2 Å². The molecule has 0 radical (unpaired) electrons. The second kappa shape index (κ2) is 11.7. The molecule has 1 atom stereocenters. The number of hydrogen-bond donors (Lipinski definition) is 1. The minimum Gasteiger partial charge on any atom is -0.356 e. The van der Waals surface area contributed by atoms with E-state index in [1.54, 1.807) is 6.07 Å². The first kappa shape index (κ1) is 29.1. The average Bonchev–Trinajstić information content (AvgIpc) is 3.35. The number of thiophene rings is 1. The Bertz CT molecular complexity index is 1200. The lowest BCUT2D eigenvalue weighted by Gasteiger charge is -2.43. The maximum Gasteiger partial charge on any atom is 0.393 e. The highest BCUT2D eigenvalue weighted by molar-refractivity contribution is 8.29. The number of nitrogens with zero attached hydrogens (tertiary/aromatic N) is 5. The summed E-state index contributed by atoms with van der Waals surface area (Å²) in [6, 6.07) is 1.96. The van der Waals surface area contributed by atoms with Gasteiger partial charge in [0.25, 0.3) is 0 Å². The monoisotopic (exact) mass is 572 g/mol. The summed E-state index contributed by atoms with van der Waals surface area (Å²) in [4.78, 5) is 11.7. The van der Waals surface area contributed by atoms with E-state index in [9.17, 15) is 13.2 Å². The molecule has 7 nitrogen and oxygen atoms in total. The molecule has 1 N–H and O–H groups in total. The molecule has 0 bridgehead atoms. The number of fused-ring (bicyclic) bond motifs is 1. The molecule has 38 heavy (non-hydrogen) atoms. The molecule has 0 spiro atoms. The van der Waals surface area contributed by atoms with E-state index in [4.69, 9.17) is 4.18 Å². The molecule has 0 saturated carbocycles. The number of rotatable bonds is 9. The standard InChI is InChI=1S/C26H39F3N6OS2/c1-25(2,3)38(4,5)36-12-11-35-17-19(16-33-35)15-30-20-7-6-9-34(10-8-20)23-22-13-21(14-26(27,28)29)37-24(22)32-18-31-23/h13,16-18,20,30H,6-12,14-15H2,1-5H3. The predicted molar refractivity (Wildman–Crippen MR) is 151 cm³/mol. The lowest BCUT2D eigenvalue weighted by molar-refractivity contribution is -0.126. The molecule has 1 aliphatic heterocycles. The molecular weight excluding hydrogens is 533 g/mol. The smallest absolute Gasteiger partial charge is 0.356 e. The summed E-state index contributed by atoms with van der Waals surface area (Å²) in [5.41, 5.74) is 1.14. The first-order valence-corrected chi connectivity index (χ1v) is 16.2. The lowest BCUT2D eigenvalue weighted by atomic mass is 10.1. The van der Waals surface area contributed by atoms with Crippen molar-refractivity contribution < 1.29 is 17.4 Å². The molecule has 4 rings (SSSR count). The Morgan fingerprint density at radius 1 is 1.16 bits per heavy atom. The third-order valence-electron chi connectivity index (χ3n) is 7.22. The average molecular weight is 573 g/mol. The van der Waals surface area contributed by atoms with Gasteiger partial charge in [-0.2, -0.15) is 18.3 Å². The van der Waals surface area contributed by atoms with Gasteiger partial charge in [0.1, 0.15) is 17.0 Å². The van der Waals surface area contributed by atoms with E-state index in [1.807, 2.05) is 10.9 Å². The molecule has 3 aromatic heterocycles. The third-order valence-corrected chi connectivity index (χ3v) is 12.0. The molecule has 212 valence electrons. The topological polar surface area (TPSA) is 68.1 Å². The van der Waals surface area contributed by atoms with E-state index in [-0.39, 0.29) is 9.62 Å². The second-order valence-electron chi connectivity index (χ2n) is 11.2. The highest BCUT2D eigenvalue weighted by atomic mass is 32.3. The summed E-state index contributed by atoms with van der Waals surface area (Å²) in [5.74, 6) is 0.736. The van der Waals surface area contributed by atoms with E-state index in [0.29, 0.717) is 22.9 Å². The summed E-state index contributed by atoms with van der Waals surface area (Å²) in [5, 5.41) is 8.88. The number of anilines is 1. The fraction of sp³-hybridized carbons (Fsp3) is 0.654. The van der Waals surface area contributed by atoms with Gasteiger partial charge in [-0.3, -0.25) is 4.68 Å². The number of halogens is 3. The first-order valence-electron chi connectivity index (χ1n) is 13.0. The maximum atomic E-state index is 12.9. The Morgan fingerprint density at radius 3 is 2.68 bits per heavy atom. The van der Waals surface area contributed by atoms with Gasteiger partial charge in [-0.25, -0.2) is 9.97 Å². The molecule has 0 aliphatic carbocycles. The summed E-state index contributed by atoms with van der Waals surface area (Å²) >= 11 is 1.10. The zero-order valence-electron chi connectivity index (χ0n) is 22.8. The predicted octanol–water partition coefficient (Wildman–Crippen LogP) is 5.94. The number of aromatic nitrogens is 4. The van der Waals surface area contributed by atoms with Gasteiger partial charge in [-0.15, -0.1) is 21.6 Å². The fourth-order valence-corrected chi connectivity index (χ4v) is 6.21. The second-order valence-corrected chi connectivity index (χ2v) is 16.2. The van der Waals surface area contributed by atoms with Gasteiger partial charge >= 0.3 is 6.18 Å². The Labute approximate surface area is 228 Å².